The molecule has 1 fully saturated rings. The molecular formula is C21H25N3O3. The molecule has 4 rings (SSSR count). The summed E-state index contributed by atoms with van der Waals surface area (Å²) >= 11 is 0. The summed E-state index contributed by atoms with van der Waals surface area (Å²) in [6.45, 7) is 0.660. The van der Waals surface area contributed by atoms with Gasteiger partial charge in [0, 0.05) is 24.5 Å². The largest absolute Gasteiger partial charge is 0.454 e. The molecule has 2 N–H and O–H groups in total. The van der Waals surface area contributed by atoms with Crippen molar-refractivity contribution in [3.63, 3.8) is 0 Å². The fraction of sp³-hybridized carbons (Fsp3) is 0.429. The predicted octanol–water partition coefficient (Wildman–Crippen LogP) is 3.88. The fourth-order valence-corrected chi connectivity index (χ4v) is 3.63. The Morgan fingerprint density at radius 3 is 2.70 bits per heavy atom. The third-order valence-corrected chi connectivity index (χ3v) is 5.11. The monoisotopic (exact) mass is 367 g/mol. The minimum absolute atomic E-state index is 0.183. The van der Waals surface area contributed by atoms with Crippen molar-refractivity contribution >= 4 is 11.6 Å². The maximum Gasteiger partial charge on any atom is 0.270 e. The van der Waals surface area contributed by atoms with Gasteiger partial charge >= 0.3 is 0 Å². The first-order valence-corrected chi connectivity index (χ1v) is 9.67. The van der Waals surface area contributed by atoms with Crippen LogP contribution in [-0.2, 0) is 6.54 Å². The van der Waals surface area contributed by atoms with Gasteiger partial charge in [-0.25, -0.2) is 0 Å². The summed E-state index contributed by atoms with van der Waals surface area (Å²) < 4.78 is 10.7. The number of amides is 1. The van der Waals surface area contributed by atoms with Gasteiger partial charge in [0.2, 0.25) is 6.79 Å². The van der Waals surface area contributed by atoms with Gasteiger partial charge in [0.1, 0.15) is 5.69 Å². The first kappa shape index (κ1) is 17.6. The topological polar surface area (TPSA) is 72.5 Å². The van der Waals surface area contributed by atoms with Gasteiger partial charge in [-0.05, 0) is 42.7 Å². The highest BCUT2D eigenvalue weighted by Crippen LogP contribution is 2.32. The van der Waals surface area contributed by atoms with E-state index in [1.54, 1.807) is 6.20 Å². The van der Waals surface area contributed by atoms with Crippen LogP contribution in [0.5, 0.6) is 11.5 Å². The Labute approximate surface area is 159 Å². The van der Waals surface area contributed by atoms with E-state index < -0.39 is 0 Å². The van der Waals surface area contributed by atoms with Crippen LogP contribution in [-0.4, -0.2) is 23.7 Å². The zero-order valence-corrected chi connectivity index (χ0v) is 15.4. The van der Waals surface area contributed by atoms with E-state index in [0.717, 1.165) is 22.7 Å². The van der Waals surface area contributed by atoms with Gasteiger partial charge in [0.05, 0.1) is 0 Å². The molecule has 142 valence electrons. The SMILES string of the molecule is O=C(NCc1ccc2c(c1)OCO2)c1cc(NC2CCCCCC2)ccn1. The van der Waals surface area contributed by atoms with Gasteiger partial charge in [0.15, 0.2) is 11.5 Å². The van der Waals surface area contributed by atoms with Crippen LogP contribution >= 0.6 is 0 Å². The van der Waals surface area contributed by atoms with Gasteiger partial charge in [-0.1, -0.05) is 31.7 Å². The highest BCUT2D eigenvalue weighted by molar-refractivity contribution is 5.93. The summed E-state index contributed by atoms with van der Waals surface area (Å²) in [5.41, 5.74) is 2.35. The van der Waals surface area contributed by atoms with Crippen molar-refractivity contribution in [2.24, 2.45) is 0 Å². The molecule has 1 aromatic carbocycles. The fourth-order valence-electron chi connectivity index (χ4n) is 3.63. The van der Waals surface area contributed by atoms with Crippen LogP contribution in [0, 0.1) is 0 Å². The van der Waals surface area contributed by atoms with Crippen LogP contribution in [0.4, 0.5) is 5.69 Å². The number of carbonyl (C=O) groups is 1. The molecular weight excluding hydrogens is 342 g/mol. The number of rotatable bonds is 5. The number of aromatic nitrogens is 1. The molecule has 2 heterocycles. The number of fused-ring (bicyclic) bond motifs is 1. The first-order valence-electron chi connectivity index (χ1n) is 9.67. The molecule has 0 unspecified atom stereocenters. The summed E-state index contributed by atoms with van der Waals surface area (Å²) in [6, 6.07) is 9.92. The highest BCUT2D eigenvalue weighted by atomic mass is 16.7. The van der Waals surface area contributed by atoms with E-state index >= 15 is 0 Å². The van der Waals surface area contributed by atoms with Crippen LogP contribution in [0.3, 0.4) is 0 Å². The molecule has 1 aliphatic carbocycles. The Kier molecular flexibility index (Phi) is 5.42. The molecule has 1 saturated carbocycles. The zero-order chi connectivity index (χ0) is 18.5. The van der Waals surface area contributed by atoms with Crippen molar-refractivity contribution in [2.75, 3.05) is 12.1 Å². The summed E-state index contributed by atoms with van der Waals surface area (Å²) in [5, 5.41) is 6.49. The highest BCUT2D eigenvalue weighted by Gasteiger charge is 2.15. The van der Waals surface area contributed by atoms with Crippen LogP contribution < -0.4 is 20.1 Å². The van der Waals surface area contributed by atoms with Crippen molar-refractivity contribution in [1.29, 1.82) is 0 Å². The average Bonchev–Trinajstić information content (AvgIpc) is 3.02. The normalized spacial score (nSPS) is 16.6. The number of carbonyl (C=O) groups excluding carboxylic acids is 1. The molecule has 1 aliphatic heterocycles. The number of nitrogens with zero attached hydrogens (tertiary/aromatic N) is 1. The molecule has 0 radical (unpaired) electrons. The predicted molar refractivity (Wildman–Crippen MR) is 103 cm³/mol. The summed E-state index contributed by atoms with van der Waals surface area (Å²) in [7, 11) is 0. The van der Waals surface area contributed by atoms with Crippen molar-refractivity contribution in [2.45, 2.75) is 51.1 Å². The van der Waals surface area contributed by atoms with Crippen molar-refractivity contribution in [1.82, 2.24) is 10.3 Å². The Hall–Kier alpha value is -2.76. The Morgan fingerprint density at radius 1 is 1.04 bits per heavy atom. The molecule has 6 heteroatoms. The smallest absolute Gasteiger partial charge is 0.270 e. The summed E-state index contributed by atoms with van der Waals surface area (Å²) in [4.78, 5) is 16.7. The summed E-state index contributed by atoms with van der Waals surface area (Å²) in [6.07, 6.45) is 9.25. The van der Waals surface area contributed by atoms with Gasteiger partial charge in [-0.15, -0.1) is 0 Å². The van der Waals surface area contributed by atoms with Gasteiger partial charge in [-0.3, -0.25) is 9.78 Å². The van der Waals surface area contributed by atoms with E-state index in [9.17, 15) is 4.79 Å². The first-order chi connectivity index (χ1) is 13.3. The molecule has 0 spiro atoms. The third kappa shape index (κ3) is 4.51. The molecule has 0 bridgehead atoms. The maximum absolute atomic E-state index is 12.5. The van der Waals surface area contributed by atoms with E-state index in [1.165, 1.54) is 38.5 Å². The van der Waals surface area contributed by atoms with E-state index in [-0.39, 0.29) is 12.7 Å². The van der Waals surface area contributed by atoms with E-state index in [1.807, 2.05) is 30.3 Å². The number of anilines is 1. The lowest BCUT2D eigenvalue weighted by Gasteiger charge is -2.18. The second kappa shape index (κ2) is 8.29. The van der Waals surface area contributed by atoms with E-state index in [0.29, 0.717) is 18.3 Å². The van der Waals surface area contributed by atoms with Crippen molar-refractivity contribution in [3.8, 4) is 11.5 Å². The third-order valence-electron chi connectivity index (χ3n) is 5.11. The number of nitrogens with one attached hydrogen (secondary N) is 2. The number of hydrogen-bond acceptors (Lipinski definition) is 5. The van der Waals surface area contributed by atoms with Crippen LogP contribution in [0.1, 0.15) is 54.6 Å². The molecule has 1 aromatic heterocycles. The number of ether oxygens (including phenoxy) is 2. The summed E-state index contributed by atoms with van der Waals surface area (Å²) in [5.74, 6) is 1.27. The van der Waals surface area contributed by atoms with E-state index in [4.69, 9.17) is 9.47 Å². The second-order valence-electron chi connectivity index (χ2n) is 7.13. The molecule has 6 nitrogen and oxygen atoms in total. The zero-order valence-electron chi connectivity index (χ0n) is 15.4. The molecule has 2 aromatic rings. The van der Waals surface area contributed by atoms with Gasteiger partial charge in [-0.2, -0.15) is 0 Å². The Balaban J connectivity index is 1.35. The number of benzene rings is 1. The van der Waals surface area contributed by atoms with E-state index in [2.05, 4.69) is 15.6 Å². The number of pyridine rings is 1. The number of hydrogen-bond donors (Lipinski definition) is 2. The lowest BCUT2D eigenvalue weighted by molar-refractivity contribution is 0.0946. The van der Waals surface area contributed by atoms with Crippen LogP contribution in [0.2, 0.25) is 0 Å². The van der Waals surface area contributed by atoms with Crippen molar-refractivity contribution in [3.05, 3.63) is 47.8 Å². The molecule has 27 heavy (non-hydrogen) atoms. The minimum Gasteiger partial charge on any atom is -0.454 e. The standard InChI is InChI=1S/C21H25N3O3/c25-21(23-13-15-7-8-19-20(11-15)27-14-26-19)18-12-17(9-10-22-18)24-16-5-3-1-2-4-6-16/h7-12,16H,1-6,13-14H2,(H,22,24)(H,23,25). The second-order valence-corrected chi connectivity index (χ2v) is 7.13. The van der Waals surface area contributed by atoms with Crippen LogP contribution in [0.25, 0.3) is 0 Å². The van der Waals surface area contributed by atoms with Gasteiger partial charge < -0.3 is 20.1 Å². The molecule has 0 saturated heterocycles. The average molecular weight is 367 g/mol. The van der Waals surface area contributed by atoms with Gasteiger partial charge in [0.25, 0.3) is 5.91 Å². The Bertz CT molecular complexity index is 801. The molecule has 0 atom stereocenters. The van der Waals surface area contributed by atoms with Crippen LogP contribution in [0.15, 0.2) is 36.5 Å². The minimum atomic E-state index is -0.183. The quantitative estimate of drug-likeness (QED) is 0.785. The lowest BCUT2D eigenvalue weighted by Crippen LogP contribution is -2.24. The van der Waals surface area contributed by atoms with Crippen molar-refractivity contribution < 1.29 is 14.3 Å². The lowest BCUT2D eigenvalue weighted by atomic mass is 10.1. The maximum atomic E-state index is 12.5. The molecule has 2 aliphatic rings. The Morgan fingerprint density at radius 2 is 1.85 bits per heavy atom. The molecule has 1 amide bonds.